The number of imide groups is 1. The van der Waals surface area contributed by atoms with E-state index in [1.807, 2.05) is 30.3 Å². The van der Waals surface area contributed by atoms with Crippen LogP contribution in [0, 0.1) is 0 Å². The number of benzene rings is 3. The molecule has 0 spiro atoms. The third-order valence-electron chi connectivity index (χ3n) is 4.80. The number of amides is 3. The van der Waals surface area contributed by atoms with E-state index >= 15 is 0 Å². The maximum Gasteiger partial charge on any atom is 0.293 e. The van der Waals surface area contributed by atoms with Crippen LogP contribution in [0.4, 0.5) is 10.5 Å². The van der Waals surface area contributed by atoms with Crippen molar-refractivity contribution >= 4 is 63.8 Å². The Morgan fingerprint density at radius 3 is 2.41 bits per heavy atom. The smallest absolute Gasteiger partial charge is 0.293 e. The highest BCUT2D eigenvalue weighted by atomic mass is 35.5. The third kappa shape index (κ3) is 5.99. The second kappa shape index (κ2) is 10.8. The maximum atomic E-state index is 12.9. The van der Waals surface area contributed by atoms with Crippen molar-refractivity contribution in [2.75, 3.05) is 11.9 Å². The zero-order valence-electron chi connectivity index (χ0n) is 17.7. The van der Waals surface area contributed by atoms with E-state index in [0.29, 0.717) is 27.0 Å². The minimum Gasteiger partial charge on any atom is -0.483 e. The van der Waals surface area contributed by atoms with Gasteiger partial charge >= 0.3 is 0 Å². The summed E-state index contributed by atoms with van der Waals surface area (Å²) < 4.78 is 5.68. The summed E-state index contributed by atoms with van der Waals surface area (Å²) in [6.07, 6.45) is 1.55. The number of hydrogen-bond donors (Lipinski definition) is 1. The van der Waals surface area contributed by atoms with Crippen molar-refractivity contribution < 1.29 is 19.1 Å². The van der Waals surface area contributed by atoms with Gasteiger partial charge in [-0.15, -0.1) is 0 Å². The fraction of sp³-hybridized carbons (Fsp3) is 0.0800. The topological polar surface area (TPSA) is 75.7 Å². The molecular formula is C25H18Cl2N2O4S. The van der Waals surface area contributed by atoms with Crippen LogP contribution in [0.3, 0.4) is 0 Å². The molecule has 6 nitrogen and oxygen atoms in total. The van der Waals surface area contributed by atoms with Crippen LogP contribution in [0.1, 0.15) is 11.1 Å². The van der Waals surface area contributed by atoms with Gasteiger partial charge in [0.25, 0.3) is 17.1 Å². The van der Waals surface area contributed by atoms with E-state index in [1.165, 1.54) is 4.90 Å². The van der Waals surface area contributed by atoms with Crippen LogP contribution in [0.5, 0.6) is 5.75 Å². The molecule has 34 heavy (non-hydrogen) atoms. The molecule has 3 amide bonds. The molecule has 172 valence electrons. The third-order valence-corrected chi connectivity index (χ3v) is 6.20. The zero-order valence-corrected chi connectivity index (χ0v) is 20.0. The van der Waals surface area contributed by atoms with Crippen molar-refractivity contribution in [1.29, 1.82) is 0 Å². The minimum atomic E-state index is -0.398. The number of hydrogen-bond acceptors (Lipinski definition) is 5. The van der Waals surface area contributed by atoms with Crippen LogP contribution in [-0.2, 0) is 16.1 Å². The fourth-order valence-corrected chi connectivity index (χ4v) is 4.32. The molecule has 1 N–H and O–H groups in total. The lowest BCUT2D eigenvalue weighted by molar-refractivity contribution is -0.123. The molecule has 1 aliphatic heterocycles. The number of halogens is 2. The molecule has 0 saturated carbocycles. The lowest BCUT2D eigenvalue weighted by Crippen LogP contribution is -2.27. The second-order valence-corrected chi connectivity index (χ2v) is 9.15. The molecule has 1 heterocycles. The molecule has 0 aromatic heterocycles. The Morgan fingerprint density at radius 2 is 1.68 bits per heavy atom. The van der Waals surface area contributed by atoms with E-state index in [9.17, 15) is 14.4 Å². The molecule has 0 aliphatic carbocycles. The molecule has 0 radical (unpaired) electrons. The Balaban J connectivity index is 1.47. The summed E-state index contributed by atoms with van der Waals surface area (Å²) in [7, 11) is 0. The SMILES string of the molecule is O=C(COc1ccc(Cl)cc1/C=C1\SC(=O)N(Cc2ccccc2)C1=O)Nc1ccc(Cl)cc1. The van der Waals surface area contributed by atoms with Crippen molar-refractivity contribution in [1.82, 2.24) is 4.90 Å². The van der Waals surface area contributed by atoms with Crippen molar-refractivity contribution in [2.24, 2.45) is 0 Å². The van der Waals surface area contributed by atoms with Gasteiger partial charge in [0.05, 0.1) is 11.4 Å². The lowest BCUT2D eigenvalue weighted by atomic mass is 10.1. The Labute approximate surface area is 210 Å². The summed E-state index contributed by atoms with van der Waals surface area (Å²) in [5, 5.41) is 3.34. The number of ether oxygens (including phenoxy) is 1. The van der Waals surface area contributed by atoms with E-state index in [2.05, 4.69) is 5.32 Å². The van der Waals surface area contributed by atoms with Crippen molar-refractivity contribution in [3.63, 3.8) is 0 Å². The van der Waals surface area contributed by atoms with E-state index in [0.717, 1.165) is 17.3 Å². The van der Waals surface area contributed by atoms with Gasteiger partial charge in [-0.25, -0.2) is 0 Å². The number of carbonyl (C=O) groups excluding carboxylic acids is 3. The Bertz CT molecular complexity index is 1260. The van der Waals surface area contributed by atoms with Crippen LogP contribution in [0.2, 0.25) is 10.0 Å². The molecule has 3 aromatic rings. The highest BCUT2D eigenvalue weighted by molar-refractivity contribution is 8.18. The molecule has 0 bridgehead atoms. The molecule has 1 fully saturated rings. The lowest BCUT2D eigenvalue weighted by Gasteiger charge is -2.12. The van der Waals surface area contributed by atoms with E-state index in [1.54, 1.807) is 48.5 Å². The summed E-state index contributed by atoms with van der Waals surface area (Å²) in [5.74, 6) is -0.415. The monoisotopic (exact) mass is 512 g/mol. The number of carbonyl (C=O) groups is 3. The predicted molar refractivity (Wildman–Crippen MR) is 135 cm³/mol. The fourth-order valence-electron chi connectivity index (χ4n) is 3.18. The Morgan fingerprint density at radius 1 is 0.971 bits per heavy atom. The first-order chi connectivity index (χ1) is 16.4. The molecule has 1 aliphatic rings. The first-order valence-electron chi connectivity index (χ1n) is 10.2. The number of thioether (sulfide) groups is 1. The van der Waals surface area contributed by atoms with Gasteiger partial charge in [0.1, 0.15) is 5.75 Å². The summed E-state index contributed by atoms with van der Waals surface area (Å²) >= 11 is 12.8. The highest BCUT2D eigenvalue weighted by Crippen LogP contribution is 2.35. The molecular weight excluding hydrogens is 495 g/mol. The first kappa shape index (κ1) is 23.9. The minimum absolute atomic E-state index is 0.187. The predicted octanol–water partition coefficient (Wildman–Crippen LogP) is 6.25. The molecule has 3 aromatic carbocycles. The van der Waals surface area contributed by atoms with E-state index in [4.69, 9.17) is 27.9 Å². The van der Waals surface area contributed by atoms with Gasteiger partial charge < -0.3 is 10.1 Å². The summed E-state index contributed by atoms with van der Waals surface area (Å²) in [6, 6.07) is 20.8. The average Bonchev–Trinajstić information content (AvgIpc) is 3.08. The van der Waals surface area contributed by atoms with Gasteiger partial charge in [0.15, 0.2) is 6.61 Å². The van der Waals surface area contributed by atoms with Crippen molar-refractivity contribution in [3.8, 4) is 5.75 Å². The van der Waals surface area contributed by atoms with Gasteiger partial charge in [0.2, 0.25) is 0 Å². The molecule has 0 unspecified atom stereocenters. The zero-order chi connectivity index (χ0) is 24.1. The standard InChI is InChI=1S/C25H18Cl2N2O4S/c26-18-6-9-20(10-7-18)28-23(30)15-33-21-11-8-19(27)12-17(21)13-22-24(31)29(25(32)34-22)14-16-4-2-1-3-5-16/h1-13H,14-15H2,(H,28,30)/b22-13-. The number of nitrogens with zero attached hydrogens (tertiary/aromatic N) is 1. The van der Waals surface area contributed by atoms with Crippen LogP contribution < -0.4 is 10.1 Å². The van der Waals surface area contributed by atoms with Crippen LogP contribution in [-0.4, -0.2) is 28.6 Å². The van der Waals surface area contributed by atoms with Crippen molar-refractivity contribution in [3.05, 3.63) is 98.9 Å². The maximum absolute atomic E-state index is 12.9. The first-order valence-corrected chi connectivity index (χ1v) is 11.7. The quantitative estimate of drug-likeness (QED) is 0.378. The molecule has 4 rings (SSSR count). The number of anilines is 1. The van der Waals surface area contributed by atoms with Crippen LogP contribution in [0.15, 0.2) is 77.7 Å². The van der Waals surface area contributed by atoms with Crippen LogP contribution >= 0.6 is 35.0 Å². The number of rotatable bonds is 7. The van der Waals surface area contributed by atoms with E-state index in [-0.39, 0.29) is 29.2 Å². The second-order valence-electron chi connectivity index (χ2n) is 7.28. The molecule has 0 atom stereocenters. The highest BCUT2D eigenvalue weighted by Gasteiger charge is 2.35. The summed E-state index contributed by atoms with van der Waals surface area (Å²) in [4.78, 5) is 39.1. The van der Waals surface area contributed by atoms with Gasteiger partial charge in [-0.2, -0.15) is 0 Å². The summed E-state index contributed by atoms with van der Waals surface area (Å²) in [5.41, 5.74) is 1.92. The van der Waals surface area contributed by atoms with Gasteiger partial charge in [-0.1, -0.05) is 53.5 Å². The summed E-state index contributed by atoms with van der Waals surface area (Å²) in [6.45, 7) is -0.0762. The van der Waals surface area contributed by atoms with Gasteiger partial charge in [0, 0.05) is 21.3 Å². The Hall–Kier alpha value is -3.26. The van der Waals surface area contributed by atoms with Gasteiger partial charge in [-0.05, 0) is 65.9 Å². The Kier molecular flexibility index (Phi) is 7.57. The average molecular weight is 513 g/mol. The van der Waals surface area contributed by atoms with Crippen LogP contribution in [0.25, 0.3) is 6.08 Å². The molecule has 9 heteroatoms. The van der Waals surface area contributed by atoms with Gasteiger partial charge in [-0.3, -0.25) is 19.3 Å². The number of nitrogens with one attached hydrogen (secondary N) is 1. The van der Waals surface area contributed by atoms with Crippen molar-refractivity contribution in [2.45, 2.75) is 6.54 Å². The van der Waals surface area contributed by atoms with E-state index < -0.39 is 5.91 Å². The largest absolute Gasteiger partial charge is 0.483 e. The molecule has 1 saturated heterocycles. The normalized spacial score (nSPS) is 14.5.